The maximum absolute atomic E-state index is 12.9. The second kappa shape index (κ2) is 8.20. The minimum atomic E-state index is -2.95. The van der Waals surface area contributed by atoms with Gasteiger partial charge in [-0.15, -0.1) is 0 Å². The van der Waals surface area contributed by atoms with Gasteiger partial charge in [-0.2, -0.15) is 0 Å². The summed E-state index contributed by atoms with van der Waals surface area (Å²) < 4.78 is 23.4. The van der Waals surface area contributed by atoms with Crippen molar-refractivity contribution in [2.45, 2.75) is 11.3 Å². The van der Waals surface area contributed by atoms with Crippen LogP contribution in [0.3, 0.4) is 0 Å². The highest BCUT2D eigenvalue weighted by Gasteiger charge is 2.42. The third-order valence-corrected chi connectivity index (χ3v) is 9.03. The lowest BCUT2D eigenvalue weighted by Gasteiger charge is -2.36. The van der Waals surface area contributed by atoms with Crippen molar-refractivity contribution >= 4 is 44.0 Å². The number of amidine groups is 1. The second-order valence-electron chi connectivity index (χ2n) is 8.05. The number of benzene rings is 2. The predicted octanol–water partition coefficient (Wildman–Crippen LogP) is 2.33. The fourth-order valence-corrected chi connectivity index (χ4v) is 7.90. The van der Waals surface area contributed by atoms with Gasteiger partial charge in [0, 0.05) is 48.4 Å². The molecule has 2 atom stereocenters. The molecular weight excluding hydrogens is 432 g/mol. The maximum Gasteiger partial charge on any atom is 0.253 e. The fraction of sp³-hybridized carbons (Fsp3) is 0.364. The third-order valence-electron chi connectivity index (χ3n) is 5.89. The molecule has 5 rings (SSSR count). The second-order valence-corrected chi connectivity index (χ2v) is 11.4. The van der Waals surface area contributed by atoms with Crippen LogP contribution < -0.4 is 10.2 Å². The third kappa shape index (κ3) is 4.43. The summed E-state index contributed by atoms with van der Waals surface area (Å²) in [4.78, 5) is 21.6. The molecule has 0 spiro atoms. The van der Waals surface area contributed by atoms with Crippen LogP contribution in [0.2, 0.25) is 0 Å². The van der Waals surface area contributed by atoms with E-state index in [1.165, 1.54) is 17.4 Å². The van der Waals surface area contributed by atoms with Crippen molar-refractivity contribution in [3.63, 3.8) is 0 Å². The van der Waals surface area contributed by atoms with Gasteiger partial charge in [0.1, 0.15) is 0 Å². The molecule has 1 amide bonds. The van der Waals surface area contributed by atoms with Crippen molar-refractivity contribution in [2.75, 3.05) is 47.9 Å². The summed E-state index contributed by atoms with van der Waals surface area (Å²) in [5.74, 6) is 0.384. The van der Waals surface area contributed by atoms with Crippen molar-refractivity contribution in [1.82, 2.24) is 4.90 Å². The Morgan fingerprint density at radius 3 is 2.35 bits per heavy atom. The molecule has 0 unspecified atom stereocenters. The first-order valence-corrected chi connectivity index (χ1v) is 13.1. The lowest BCUT2D eigenvalue weighted by Crippen LogP contribution is -2.48. The first-order valence-electron chi connectivity index (χ1n) is 10.4. The van der Waals surface area contributed by atoms with Gasteiger partial charge in [0.25, 0.3) is 5.91 Å². The Hall–Kier alpha value is -2.52. The van der Waals surface area contributed by atoms with E-state index >= 15 is 0 Å². The number of piperazine rings is 1. The Morgan fingerprint density at radius 1 is 0.968 bits per heavy atom. The van der Waals surface area contributed by atoms with E-state index in [-0.39, 0.29) is 28.7 Å². The molecule has 9 heteroatoms. The van der Waals surface area contributed by atoms with Crippen LogP contribution in [-0.4, -0.2) is 73.4 Å². The quantitative estimate of drug-likeness (QED) is 0.764. The van der Waals surface area contributed by atoms with E-state index in [4.69, 9.17) is 0 Å². The lowest BCUT2D eigenvalue weighted by molar-refractivity contribution is 0.0747. The van der Waals surface area contributed by atoms with Gasteiger partial charge >= 0.3 is 0 Å². The number of carbonyl (C=O) groups excluding carboxylic acids is 1. The number of carbonyl (C=O) groups is 1. The van der Waals surface area contributed by atoms with Crippen molar-refractivity contribution in [1.29, 1.82) is 0 Å². The van der Waals surface area contributed by atoms with Crippen LogP contribution in [0.1, 0.15) is 10.4 Å². The zero-order chi connectivity index (χ0) is 21.4. The normalized spacial score (nSPS) is 24.6. The van der Waals surface area contributed by atoms with Crippen LogP contribution in [0.25, 0.3) is 0 Å². The number of thioether (sulfide) groups is 1. The Balaban J connectivity index is 1.17. The highest BCUT2D eigenvalue weighted by Crippen LogP contribution is 2.34. The van der Waals surface area contributed by atoms with E-state index in [0.29, 0.717) is 18.7 Å². The first-order chi connectivity index (χ1) is 15.0. The summed E-state index contributed by atoms with van der Waals surface area (Å²) in [6.07, 6.45) is 0. The van der Waals surface area contributed by atoms with Crippen molar-refractivity contribution in [2.24, 2.45) is 4.99 Å². The zero-order valence-electron chi connectivity index (χ0n) is 17.0. The topological polar surface area (TPSA) is 82.1 Å². The summed E-state index contributed by atoms with van der Waals surface area (Å²) in [5.41, 5.74) is 2.71. The number of hydrogen-bond acceptors (Lipinski definition) is 7. The molecule has 2 aromatic rings. The summed E-state index contributed by atoms with van der Waals surface area (Å²) in [5, 5.41) is 4.02. The Kier molecular flexibility index (Phi) is 5.39. The molecule has 162 valence electrons. The number of amides is 1. The number of anilines is 2. The molecule has 0 bridgehead atoms. The van der Waals surface area contributed by atoms with Gasteiger partial charge in [0.05, 0.1) is 17.5 Å². The van der Waals surface area contributed by atoms with Gasteiger partial charge in [-0.25, -0.2) is 8.42 Å². The van der Waals surface area contributed by atoms with Crippen molar-refractivity contribution in [3.05, 3.63) is 60.2 Å². The molecule has 3 heterocycles. The monoisotopic (exact) mass is 456 g/mol. The molecule has 2 saturated heterocycles. The van der Waals surface area contributed by atoms with Gasteiger partial charge in [-0.05, 0) is 36.4 Å². The molecule has 0 saturated carbocycles. The summed E-state index contributed by atoms with van der Waals surface area (Å²) in [7, 11) is -2.95. The molecule has 7 nitrogen and oxygen atoms in total. The number of sulfone groups is 1. The van der Waals surface area contributed by atoms with Crippen LogP contribution in [0.4, 0.5) is 11.4 Å². The Labute approximate surface area is 186 Å². The van der Waals surface area contributed by atoms with Crippen LogP contribution in [0, 0.1) is 0 Å². The Bertz CT molecular complexity index is 1100. The molecular formula is C22H24N4O3S2. The van der Waals surface area contributed by atoms with Crippen LogP contribution in [0.5, 0.6) is 0 Å². The van der Waals surface area contributed by atoms with Gasteiger partial charge in [0.2, 0.25) is 0 Å². The number of fused-ring (bicyclic) bond motifs is 1. The molecule has 2 aromatic carbocycles. The molecule has 0 radical (unpaired) electrons. The predicted molar refractivity (Wildman–Crippen MR) is 126 cm³/mol. The largest absolute Gasteiger partial charge is 0.368 e. The van der Waals surface area contributed by atoms with E-state index in [1.54, 1.807) is 0 Å². The van der Waals surface area contributed by atoms with Gasteiger partial charge < -0.3 is 15.1 Å². The average Bonchev–Trinajstić information content (AvgIpc) is 3.27. The number of rotatable bonds is 3. The average molecular weight is 457 g/mol. The smallest absolute Gasteiger partial charge is 0.253 e. The highest BCUT2D eigenvalue weighted by atomic mass is 32.2. The number of aliphatic imine (C=N–C) groups is 1. The van der Waals surface area contributed by atoms with Gasteiger partial charge in [0.15, 0.2) is 15.0 Å². The minimum Gasteiger partial charge on any atom is -0.368 e. The van der Waals surface area contributed by atoms with Crippen molar-refractivity contribution in [3.8, 4) is 0 Å². The SMILES string of the molecule is O=C(c1ccc(NC2=N[C@H]3CS(=O)(=O)C[C@@H]3S2)cc1)N1CCN(c2ccccc2)CC1. The number of nitrogens with one attached hydrogen (secondary N) is 1. The van der Waals surface area contributed by atoms with Crippen LogP contribution >= 0.6 is 11.8 Å². The molecule has 3 aliphatic rings. The molecule has 31 heavy (non-hydrogen) atoms. The highest BCUT2D eigenvalue weighted by molar-refractivity contribution is 8.15. The molecule has 0 aliphatic carbocycles. The Morgan fingerprint density at radius 2 is 1.68 bits per heavy atom. The minimum absolute atomic E-state index is 0.0166. The van der Waals surface area contributed by atoms with E-state index < -0.39 is 9.84 Å². The fourth-order valence-electron chi connectivity index (χ4n) is 4.22. The summed E-state index contributed by atoms with van der Waals surface area (Å²) >= 11 is 1.49. The number of para-hydroxylation sites is 1. The van der Waals surface area contributed by atoms with Crippen LogP contribution in [-0.2, 0) is 9.84 Å². The van der Waals surface area contributed by atoms with E-state index in [2.05, 4.69) is 27.3 Å². The summed E-state index contributed by atoms with van der Waals surface area (Å²) in [6.45, 7) is 3.05. The van der Waals surface area contributed by atoms with Crippen molar-refractivity contribution < 1.29 is 13.2 Å². The number of hydrogen-bond donors (Lipinski definition) is 1. The van der Waals surface area contributed by atoms with Gasteiger partial charge in [-0.1, -0.05) is 30.0 Å². The molecule has 3 aliphatic heterocycles. The molecule has 2 fully saturated rings. The molecule has 0 aromatic heterocycles. The van der Waals surface area contributed by atoms with E-state index in [0.717, 1.165) is 23.9 Å². The van der Waals surface area contributed by atoms with Gasteiger partial charge in [-0.3, -0.25) is 9.79 Å². The number of nitrogens with zero attached hydrogens (tertiary/aromatic N) is 3. The lowest BCUT2D eigenvalue weighted by atomic mass is 10.1. The molecule has 1 N–H and O–H groups in total. The maximum atomic E-state index is 12.9. The van der Waals surface area contributed by atoms with E-state index in [1.807, 2.05) is 47.4 Å². The first kappa shape index (κ1) is 20.4. The zero-order valence-corrected chi connectivity index (χ0v) is 18.6. The standard InChI is InChI=1S/C22H24N4O3S2/c27-21(26-12-10-25(11-13-26)18-4-2-1-3-5-18)16-6-8-17(9-7-16)23-22-24-19-14-31(28,29)15-20(19)30-22/h1-9,19-20H,10-15H2,(H,23,24)/t19-,20-/m0/s1. The van der Waals surface area contributed by atoms with E-state index in [9.17, 15) is 13.2 Å². The summed E-state index contributed by atoms with van der Waals surface area (Å²) in [6, 6.07) is 17.6. The van der Waals surface area contributed by atoms with Crippen LogP contribution in [0.15, 0.2) is 59.6 Å².